The van der Waals surface area contributed by atoms with Crippen LogP contribution in [0.4, 0.5) is 5.69 Å². The largest absolute Gasteiger partial charge is 0.384 e. The Kier molecular flexibility index (Phi) is 4.25. The summed E-state index contributed by atoms with van der Waals surface area (Å²) in [6.45, 7) is 3.68. The Bertz CT molecular complexity index is 864. The fourth-order valence-electron chi connectivity index (χ4n) is 5.08. The number of piperidine rings is 2. The lowest BCUT2D eigenvalue weighted by Gasteiger charge is -2.44. The molecule has 2 aromatic carbocycles. The Hall–Kier alpha value is -2.13. The van der Waals surface area contributed by atoms with Gasteiger partial charge in [0.25, 0.3) is 0 Å². The average Bonchev–Trinajstić information content (AvgIpc) is 2.71. The highest BCUT2D eigenvalue weighted by atomic mass is 15.2. The molecule has 0 unspecified atom stereocenters. The van der Waals surface area contributed by atoms with Crippen molar-refractivity contribution in [1.29, 1.82) is 0 Å². The number of pyridine rings is 1. The smallest absolute Gasteiger partial charge is 0.0730 e. The molecule has 134 valence electrons. The molecule has 3 heterocycles. The van der Waals surface area contributed by atoms with Crippen LogP contribution in [0.25, 0.3) is 21.8 Å². The number of nitrogens with one attached hydrogen (secondary N) is 1. The van der Waals surface area contributed by atoms with Crippen molar-refractivity contribution in [1.82, 2.24) is 9.88 Å². The maximum Gasteiger partial charge on any atom is 0.0730 e. The molecule has 5 rings (SSSR count). The van der Waals surface area contributed by atoms with Gasteiger partial charge in [-0.25, -0.2) is 4.98 Å². The number of anilines is 1. The van der Waals surface area contributed by atoms with Crippen LogP contribution in [0.2, 0.25) is 0 Å². The van der Waals surface area contributed by atoms with Crippen molar-refractivity contribution < 1.29 is 0 Å². The van der Waals surface area contributed by atoms with Crippen molar-refractivity contribution >= 4 is 27.5 Å². The van der Waals surface area contributed by atoms with E-state index in [4.69, 9.17) is 4.98 Å². The fraction of sp³-hybridized carbons (Fsp3) is 0.435. The first kappa shape index (κ1) is 16.1. The van der Waals surface area contributed by atoms with Gasteiger partial charge in [0.05, 0.1) is 16.7 Å². The summed E-state index contributed by atoms with van der Waals surface area (Å²) >= 11 is 0. The maximum absolute atomic E-state index is 4.85. The number of para-hydroxylation sites is 2. The van der Waals surface area contributed by atoms with Crippen molar-refractivity contribution in [3.05, 3.63) is 48.5 Å². The molecule has 0 spiro atoms. The maximum atomic E-state index is 4.85. The number of hydrogen-bond donors (Lipinski definition) is 1. The van der Waals surface area contributed by atoms with Crippen LogP contribution in [0.15, 0.2) is 48.5 Å². The molecule has 3 nitrogen and oxygen atoms in total. The van der Waals surface area contributed by atoms with Crippen LogP contribution >= 0.6 is 0 Å². The highest BCUT2D eigenvalue weighted by Crippen LogP contribution is 2.34. The van der Waals surface area contributed by atoms with E-state index in [9.17, 15) is 0 Å². The molecule has 2 aliphatic rings. The second-order valence-electron chi connectivity index (χ2n) is 7.90. The molecule has 3 heteroatoms. The van der Waals surface area contributed by atoms with Gasteiger partial charge in [-0.15, -0.1) is 0 Å². The normalized spacial score (nSPS) is 23.8. The van der Waals surface area contributed by atoms with Gasteiger partial charge in [-0.3, -0.25) is 0 Å². The average molecular weight is 345 g/mol. The predicted molar refractivity (Wildman–Crippen MR) is 110 cm³/mol. The number of benzene rings is 2. The van der Waals surface area contributed by atoms with Crippen molar-refractivity contribution in [2.24, 2.45) is 5.92 Å². The van der Waals surface area contributed by atoms with Gasteiger partial charge < -0.3 is 10.2 Å². The summed E-state index contributed by atoms with van der Waals surface area (Å²) in [4.78, 5) is 7.60. The Labute approximate surface area is 155 Å². The molecule has 2 fully saturated rings. The van der Waals surface area contributed by atoms with Gasteiger partial charge in [0.15, 0.2) is 0 Å². The molecule has 3 aromatic rings. The number of rotatable bonds is 3. The van der Waals surface area contributed by atoms with E-state index in [1.807, 2.05) is 0 Å². The second-order valence-corrected chi connectivity index (χ2v) is 7.90. The van der Waals surface area contributed by atoms with Crippen LogP contribution in [-0.4, -0.2) is 35.6 Å². The van der Waals surface area contributed by atoms with Crippen molar-refractivity contribution in [2.75, 3.05) is 25.0 Å². The predicted octanol–water partition coefficient (Wildman–Crippen LogP) is 5.06. The molecule has 2 aliphatic heterocycles. The first-order chi connectivity index (χ1) is 12.9. The van der Waals surface area contributed by atoms with E-state index in [-0.39, 0.29) is 0 Å². The van der Waals surface area contributed by atoms with Crippen LogP contribution in [0, 0.1) is 5.92 Å². The van der Waals surface area contributed by atoms with E-state index in [1.165, 1.54) is 61.7 Å². The Morgan fingerprint density at radius 1 is 0.846 bits per heavy atom. The first-order valence-corrected chi connectivity index (χ1v) is 10.2. The molecule has 0 aliphatic carbocycles. The van der Waals surface area contributed by atoms with Crippen LogP contribution in [0.1, 0.15) is 32.1 Å². The summed E-state index contributed by atoms with van der Waals surface area (Å²) in [7, 11) is 0. The zero-order valence-corrected chi connectivity index (χ0v) is 15.3. The first-order valence-electron chi connectivity index (χ1n) is 10.2. The van der Waals surface area contributed by atoms with Crippen LogP contribution in [0.3, 0.4) is 0 Å². The summed E-state index contributed by atoms with van der Waals surface area (Å²) in [5, 5.41) is 6.34. The van der Waals surface area contributed by atoms with Crippen molar-refractivity contribution in [2.45, 2.75) is 38.1 Å². The lowest BCUT2D eigenvalue weighted by molar-refractivity contribution is 0.0649. The van der Waals surface area contributed by atoms with Gasteiger partial charge in [-0.2, -0.15) is 0 Å². The summed E-state index contributed by atoms with van der Waals surface area (Å²) in [5.41, 5.74) is 3.42. The zero-order chi connectivity index (χ0) is 17.3. The quantitative estimate of drug-likeness (QED) is 0.672. The minimum absolute atomic E-state index is 0.759. The molecule has 0 saturated carbocycles. The molecular weight excluding hydrogens is 318 g/mol. The highest BCUT2D eigenvalue weighted by Gasteiger charge is 2.32. The van der Waals surface area contributed by atoms with Crippen molar-refractivity contribution in [3.63, 3.8) is 0 Å². The van der Waals surface area contributed by atoms with Gasteiger partial charge in [-0.05, 0) is 56.8 Å². The molecule has 1 aromatic heterocycles. The Balaban J connectivity index is 1.48. The van der Waals surface area contributed by atoms with E-state index in [2.05, 4.69) is 58.7 Å². The summed E-state index contributed by atoms with van der Waals surface area (Å²) in [6.07, 6.45) is 6.87. The number of aromatic nitrogens is 1. The third-order valence-corrected chi connectivity index (χ3v) is 6.36. The summed E-state index contributed by atoms with van der Waals surface area (Å²) in [5.74, 6) is 0.759. The van der Waals surface area contributed by atoms with Gasteiger partial charge in [0.1, 0.15) is 0 Å². The standard InChI is InChI=1S/C23H27N3/c1-3-11-20-18(9-1)23(19-10-2-4-12-21(19)25-20)24-16-17-8-7-15-26-14-6-5-13-22(17)26/h1-4,9-12,17,22H,5-8,13-16H2,(H,24,25)/t17-,22-/m0/s1. The molecule has 1 N–H and O–H groups in total. The third-order valence-electron chi connectivity index (χ3n) is 6.36. The molecule has 0 radical (unpaired) electrons. The SMILES string of the molecule is c1ccc2c(NC[C@@H]3CCCN4CCCC[C@@H]34)c3ccccc3nc2c1. The lowest BCUT2D eigenvalue weighted by atomic mass is 9.83. The number of nitrogens with zero attached hydrogens (tertiary/aromatic N) is 2. The van der Waals surface area contributed by atoms with Crippen molar-refractivity contribution in [3.8, 4) is 0 Å². The van der Waals surface area contributed by atoms with E-state index in [0.717, 1.165) is 29.5 Å². The topological polar surface area (TPSA) is 28.2 Å². The third kappa shape index (κ3) is 2.84. The number of hydrogen-bond acceptors (Lipinski definition) is 3. The van der Waals surface area contributed by atoms with Gasteiger partial charge in [-0.1, -0.05) is 42.8 Å². The number of fused-ring (bicyclic) bond motifs is 3. The Morgan fingerprint density at radius 3 is 2.31 bits per heavy atom. The summed E-state index contributed by atoms with van der Waals surface area (Å²) in [6, 6.07) is 17.8. The van der Waals surface area contributed by atoms with E-state index >= 15 is 0 Å². The fourth-order valence-corrected chi connectivity index (χ4v) is 5.08. The van der Waals surface area contributed by atoms with E-state index in [1.54, 1.807) is 0 Å². The second kappa shape index (κ2) is 6.88. The highest BCUT2D eigenvalue weighted by molar-refractivity contribution is 6.07. The van der Waals surface area contributed by atoms with E-state index in [0.29, 0.717) is 0 Å². The molecule has 26 heavy (non-hydrogen) atoms. The van der Waals surface area contributed by atoms with Gasteiger partial charge in [0, 0.05) is 23.4 Å². The lowest BCUT2D eigenvalue weighted by Crippen LogP contribution is -2.49. The van der Waals surface area contributed by atoms with Gasteiger partial charge >= 0.3 is 0 Å². The molecule has 2 saturated heterocycles. The van der Waals surface area contributed by atoms with E-state index < -0.39 is 0 Å². The van der Waals surface area contributed by atoms with Gasteiger partial charge in [0.2, 0.25) is 0 Å². The molecule has 2 atom stereocenters. The Morgan fingerprint density at radius 2 is 1.54 bits per heavy atom. The monoisotopic (exact) mass is 345 g/mol. The van der Waals surface area contributed by atoms with Crippen LogP contribution in [-0.2, 0) is 0 Å². The van der Waals surface area contributed by atoms with Crippen LogP contribution < -0.4 is 5.32 Å². The van der Waals surface area contributed by atoms with Crippen LogP contribution in [0.5, 0.6) is 0 Å². The molecular formula is C23H27N3. The molecule has 0 amide bonds. The summed E-state index contributed by atoms with van der Waals surface area (Å²) < 4.78 is 0. The minimum Gasteiger partial charge on any atom is -0.384 e. The minimum atomic E-state index is 0.759. The zero-order valence-electron chi connectivity index (χ0n) is 15.3. The molecule has 0 bridgehead atoms.